The summed E-state index contributed by atoms with van der Waals surface area (Å²) in [5.41, 5.74) is 0.893. The Labute approximate surface area is 119 Å². The normalized spacial score (nSPS) is 16.9. The fourth-order valence-electron chi connectivity index (χ4n) is 2.34. The molecular weight excluding hydrogens is 258 g/mol. The Kier molecular flexibility index (Phi) is 4.77. The molecule has 2 rings (SSSR count). The van der Waals surface area contributed by atoms with Crippen molar-refractivity contribution >= 4 is 5.91 Å². The molecule has 0 saturated carbocycles. The number of aryl methyl sites for hydroxylation is 2. The van der Waals surface area contributed by atoms with Crippen LogP contribution in [0.2, 0.25) is 0 Å². The van der Waals surface area contributed by atoms with Crippen LogP contribution in [-0.2, 0) is 11.3 Å². The van der Waals surface area contributed by atoms with Crippen LogP contribution in [0.3, 0.4) is 0 Å². The first-order chi connectivity index (χ1) is 9.45. The fraction of sp³-hybridized carbons (Fsp3) is 0.714. The van der Waals surface area contributed by atoms with Crippen molar-refractivity contribution in [2.45, 2.75) is 39.3 Å². The molecule has 1 N–H and O–H groups in total. The number of amides is 1. The predicted octanol–water partition coefficient (Wildman–Crippen LogP) is 0.707. The molecule has 6 heteroatoms. The van der Waals surface area contributed by atoms with Gasteiger partial charge in [0.1, 0.15) is 5.76 Å². The van der Waals surface area contributed by atoms with Gasteiger partial charge in [-0.05, 0) is 33.7 Å². The minimum atomic E-state index is -0.255. The molecule has 1 aliphatic heterocycles. The van der Waals surface area contributed by atoms with Crippen molar-refractivity contribution in [1.82, 2.24) is 14.8 Å². The minimum Gasteiger partial charge on any atom is -0.444 e. The zero-order valence-electron chi connectivity index (χ0n) is 12.4. The Morgan fingerprint density at radius 3 is 2.65 bits per heavy atom. The third kappa shape index (κ3) is 3.80. The topological polar surface area (TPSA) is 69.8 Å². The van der Waals surface area contributed by atoms with Gasteiger partial charge in [0.15, 0.2) is 0 Å². The summed E-state index contributed by atoms with van der Waals surface area (Å²) < 4.78 is 5.52. The van der Waals surface area contributed by atoms with Crippen LogP contribution >= 0.6 is 0 Å². The van der Waals surface area contributed by atoms with Crippen LogP contribution in [0.15, 0.2) is 4.42 Å². The van der Waals surface area contributed by atoms with Crippen molar-refractivity contribution in [2.75, 3.05) is 26.7 Å². The third-order valence-electron chi connectivity index (χ3n) is 3.70. The number of hydrogen-bond donors (Lipinski definition) is 1. The molecule has 20 heavy (non-hydrogen) atoms. The van der Waals surface area contributed by atoms with Crippen LogP contribution in [0.25, 0.3) is 0 Å². The molecule has 1 saturated heterocycles. The zero-order chi connectivity index (χ0) is 14.7. The van der Waals surface area contributed by atoms with Gasteiger partial charge in [0.05, 0.1) is 24.9 Å². The molecule has 0 unspecified atom stereocenters. The lowest BCUT2D eigenvalue weighted by molar-refractivity contribution is -0.134. The van der Waals surface area contributed by atoms with E-state index in [-0.39, 0.29) is 12.0 Å². The zero-order valence-corrected chi connectivity index (χ0v) is 12.4. The van der Waals surface area contributed by atoms with Crippen molar-refractivity contribution in [3.63, 3.8) is 0 Å². The van der Waals surface area contributed by atoms with Gasteiger partial charge < -0.3 is 14.4 Å². The molecule has 0 spiro atoms. The molecule has 0 aromatic carbocycles. The number of carbonyl (C=O) groups excluding carboxylic acids is 1. The van der Waals surface area contributed by atoms with Crippen molar-refractivity contribution in [3.05, 3.63) is 17.3 Å². The number of rotatable bonds is 4. The van der Waals surface area contributed by atoms with Gasteiger partial charge in [0.2, 0.25) is 11.8 Å². The van der Waals surface area contributed by atoms with E-state index < -0.39 is 0 Å². The van der Waals surface area contributed by atoms with Gasteiger partial charge >= 0.3 is 0 Å². The highest BCUT2D eigenvalue weighted by Gasteiger charge is 2.22. The van der Waals surface area contributed by atoms with Crippen LogP contribution in [0, 0.1) is 13.8 Å². The van der Waals surface area contributed by atoms with E-state index in [4.69, 9.17) is 4.42 Å². The molecule has 1 aromatic rings. The maximum Gasteiger partial charge on any atom is 0.236 e. The Bertz CT molecular complexity index is 445. The van der Waals surface area contributed by atoms with Crippen molar-refractivity contribution in [3.8, 4) is 0 Å². The second-order valence-electron chi connectivity index (χ2n) is 5.53. The molecule has 1 amide bonds. The summed E-state index contributed by atoms with van der Waals surface area (Å²) in [5.74, 6) is 1.56. The highest BCUT2D eigenvalue weighted by molar-refractivity contribution is 5.78. The second-order valence-corrected chi connectivity index (χ2v) is 5.53. The van der Waals surface area contributed by atoms with E-state index in [1.54, 1.807) is 0 Å². The summed E-state index contributed by atoms with van der Waals surface area (Å²) in [6.45, 7) is 5.95. The third-order valence-corrected chi connectivity index (χ3v) is 3.70. The SMILES string of the molecule is Cc1nc(CN(C)CC(=O)N2CCC(O)CC2)oc1C. The molecule has 1 fully saturated rings. The van der Waals surface area contributed by atoms with E-state index in [0.29, 0.717) is 44.9 Å². The lowest BCUT2D eigenvalue weighted by Crippen LogP contribution is -2.44. The first-order valence-electron chi connectivity index (χ1n) is 7.03. The fourth-order valence-corrected chi connectivity index (χ4v) is 2.34. The van der Waals surface area contributed by atoms with Crippen LogP contribution in [0.1, 0.15) is 30.2 Å². The number of likely N-dealkylation sites (tertiary alicyclic amines) is 1. The molecular formula is C14H23N3O3. The number of nitrogens with zero attached hydrogens (tertiary/aromatic N) is 3. The second kappa shape index (κ2) is 6.37. The molecule has 0 radical (unpaired) electrons. The molecule has 0 bridgehead atoms. The van der Waals surface area contributed by atoms with Gasteiger partial charge in [-0.25, -0.2) is 4.98 Å². The van der Waals surface area contributed by atoms with Crippen LogP contribution in [0.4, 0.5) is 0 Å². The molecule has 1 aromatic heterocycles. The monoisotopic (exact) mass is 281 g/mol. The number of carbonyl (C=O) groups is 1. The highest BCUT2D eigenvalue weighted by atomic mass is 16.4. The molecule has 112 valence electrons. The van der Waals surface area contributed by atoms with Crippen LogP contribution in [0.5, 0.6) is 0 Å². The number of aliphatic hydroxyl groups is 1. The van der Waals surface area contributed by atoms with E-state index in [1.165, 1.54) is 0 Å². The lowest BCUT2D eigenvalue weighted by Gasteiger charge is -2.30. The number of likely N-dealkylation sites (N-methyl/N-ethyl adjacent to an activating group) is 1. The summed E-state index contributed by atoms with van der Waals surface area (Å²) in [5, 5.41) is 9.44. The first kappa shape index (κ1) is 15.0. The standard InChI is InChI=1S/C14H23N3O3/c1-10-11(2)20-13(15-10)8-16(3)9-14(19)17-6-4-12(18)5-7-17/h12,18H,4-9H2,1-3H3. The Hall–Kier alpha value is -1.40. The van der Waals surface area contributed by atoms with Gasteiger partial charge in [-0.2, -0.15) is 0 Å². The van der Waals surface area contributed by atoms with Crippen molar-refractivity contribution < 1.29 is 14.3 Å². The number of aromatic nitrogens is 1. The Balaban J connectivity index is 1.81. The molecule has 6 nitrogen and oxygen atoms in total. The smallest absolute Gasteiger partial charge is 0.236 e. The van der Waals surface area contributed by atoms with E-state index in [0.717, 1.165) is 11.5 Å². The minimum absolute atomic E-state index is 0.0967. The highest BCUT2D eigenvalue weighted by Crippen LogP contribution is 2.12. The average Bonchev–Trinajstić information content (AvgIpc) is 2.68. The quantitative estimate of drug-likeness (QED) is 0.880. The van der Waals surface area contributed by atoms with Crippen LogP contribution in [-0.4, -0.2) is 58.6 Å². The molecule has 0 aliphatic carbocycles. The summed E-state index contributed by atoms with van der Waals surface area (Å²) in [6.07, 6.45) is 1.09. The largest absolute Gasteiger partial charge is 0.444 e. The van der Waals surface area contributed by atoms with E-state index in [2.05, 4.69) is 4.98 Å². The van der Waals surface area contributed by atoms with Gasteiger partial charge in [0.25, 0.3) is 0 Å². The summed E-state index contributed by atoms with van der Waals surface area (Å²) in [4.78, 5) is 20.2. The van der Waals surface area contributed by atoms with E-state index in [9.17, 15) is 9.90 Å². The maximum absolute atomic E-state index is 12.1. The van der Waals surface area contributed by atoms with E-state index >= 15 is 0 Å². The van der Waals surface area contributed by atoms with Crippen LogP contribution < -0.4 is 0 Å². The van der Waals surface area contributed by atoms with Crippen molar-refractivity contribution in [1.29, 1.82) is 0 Å². The maximum atomic E-state index is 12.1. The first-order valence-corrected chi connectivity index (χ1v) is 7.03. The Morgan fingerprint density at radius 2 is 2.10 bits per heavy atom. The number of hydrogen-bond acceptors (Lipinski definition) is 5. The number of piperidine rings is 1. The van der Waals surface area contributed by atoms with Gasteiger partial charge in [-0.1, -0.05) is 0 Å². The van der Waals surface area contributed by atoms with E-state index in [1.807, 2.05) is 30.7 Å². The summed E-state index contributed by atoms with van der Waals surface area (Å²) >= 11 is 0. The van der Waals surface area contributed by atoms with Gasteiger partial charge in [0, 0.05) is 13.1 Å². The number of aliphatic hydroxyl groups excluding tert-OH is 1. The number of oxazole rings is 1. The molecule has 1 aliphatic rings. The predicted molar refractivity (Wildman–Crippen MR) is 74.1 cm³/mol. The van der Waals surface area contributed by atoms with Gasteiger partial charge in [-0.3, -0.25) is 9.69 Å². The van der Waals surface area contributed by atoms with Crippen molar-refractivity contribution in [2.24, 2.45) is 0 Å². The summed E-state index contributed by atoms with van der Waals surface area (Å²) in [6, 6.07) is 0. The average molecular weight is 281 g/mol. The molecule has 2 heterocycles. The molecule has 0 atom stereocenters. The Morgan fingerprint density at radius 1 is 1.45 bits per heavy atom. The summed E-state index contributed by atoms with van der Waals surface area (Å²) in [7, 11) is 1.88. The lowest BCUT2D eigenvalue weighted by atomic mass is 10.1. The van der Waals surface area contributed by atoms with Gasteiger partial charge in [-0.15, -0.1) is 0 Å².